The van der Waals surface area contributed by atoms with Crippen molar-refractivity contribution < 1.29 is 28.2 Å². The predicted octanol–water partition coefficient (Wildman–Crippen LogP) is 1.99. The van der Waals surface area contributed by atoms with Gasteiger partial charge in [-0.3, -0.25) is 0 Å². The Morgan fingerprint density at radius 3 is 2.60 bits per heavy atom. The summed E-state index contributed by atoms with van der Waals surface area (Å²) in [5.74, 6) is -1.37. The summed E-state index contributed by atoms with van der Waals surface area (Å²) in [6.45, 7) is -2.95. The zero-order valence-electron chi connectivity index (χ0n) is 7.74. The van der Waals surface area contributed by atoms with Crippen LogP contribution < -0.4 is 9.47 Å². The van der Waals surface area contributed by atoms with Crippen LogP contribution in [-0.4, -0.2) is 24.8 Å². The van der Waals surface area contributed by atoms with E-state index in [1.165, 1.54) is 7.11 Å². The number of carboxylic acid groups (broad SMARTS) is 1. The molecule has 4 nitrogen and oxygen atoms in total. The van der Waals surface area contributed by atoms with Gasteiger partial charge in [0.15, 0.2) is 0 Å². The molecule has 0 bridgehead atoms. The minimum absolute atomic E-state index is 0.0272. The molecule has 1 aromatic rings. The first-order valence-electron chi connectivity index (χ1n) is 3.90. The minimum Gasteiger partial charge on any atom is -0.496 e. The molecule has 0 amide bonds. The largest absolute Gasteiger partial charge is 0.496 e. The molecule has 1 N–H and O–H groups in total. The summed E-state index contributed by atoms with van der Waals surface area (Å²) in [7, 11) is 1.24. The lowest BCUT2D eigenvalue weighted by Gasteiger charge is -2.08. The van der Waals surface area contributed by atoms with Gasteiger partial charge in [0, 0.05) is 6.07 Å². The fourth-order valence-corrected chi connectivity index (χ4v) is 1.02. The fraction of sp³-hybridized carbons (Fsp3) is 0.222. The second-order valence-corrected chi connectivity index (χ2v) is 2.55. The third-order valence-electron chi connectivity index (χ3n) is 1.63. The number of carboxylic acids is 1. The first kappa shape index (κ1) is 11.2. The SMILES string of the molecule is COc1cc(OC(F)F)ccc1C(=O)O. The van der Waals surface area contributed by atoms with Gasteiger partial charge < -0.3 is 14.6 Å². The zero-order valence-corrected chi connectivity index (χ0v) is 7.74. The molecule has 0 aromatic heterocycles. The second-order valence-electron chi connectivity index (χ2n) is 2.55. The van der Waals surface area contributed by atoms with Crippen molar-refractivity contribution in [1.29, 1.82) is 0 Å². The average Bonchev–Trinajstić information content (AvgIpc) is 2.16. The first-order chi connectivity index (χ1) is 7.04. The Kier molecular flexibility index (Phi) is 3.43. The Bertz CT molecular complexity index is 365. The van der Waals surface area contributed by atoms with Gasteiger partial charge in [-0.05, 0) is 12.1 Å². The van der Waals surface area contributed by atoms with E-state index in [0.717, 1.165) is 18.2 Å². The number of alkyl halides is 2. The van der Waals surface area contributed by atoms with Crippen molar-refractivity contribution in [2.45, 2.75) is 6.61 Å². The molecular formula is C9H8F2O4. The Hall–Kier alpha value is -1.85. The van der Waals surface area contributed by atoms with Crippen LogP contribution in [0.1, 0.15) is 10.4 Å². The van der Waals surface area contributed by atoms with Crippen molar-refractivity contribution in [3.05, 3.63) is 23.8 Å². The fourth-order valence-electron chi connectivity index (χ4n) is 1.02. The maximum atomic E-state index is 11.8. The lowest BCUT2D eigenvalue weighted by atomic mass is 10.2. The topological polar surface area (TPSA) is 55.8 Å². The van der Waals surface area contributed by atoms with E-state index < -0.39 is 12.6 Å². The van der Waals surface area contributed by atoms with E-state index in [0.29, 0.717) is 0 Å². The van der Waals surface area contributed by atoms with Crippen LogP contribution in [0.4, 0.5) is 8.78 Å². The first-order valence-corrected chi connectivity index (χ1v) is 3.90. The van der Waals surface area contributed by atoms with Crippen molar-refractivity contribution in [1.82, 2.24) is 0 Å². The Balaban J connectivity index is 3.02. The van der Waals surface area contributed by atoms with E-state index in [4.69, 9.17) is 9.84 Å². The molecule has 0 atom stereocenters. The van der Waals surface area contributed by atoms with Crippen LogP contribution in [-0.2, 0) is 0 Å². The van der Waals surface area contributed by atoms with E-state index in [1.54, 1.807) is 0 Å². The number of aromatic carboxylic acids is 1. The third-order valence-corrected chi connectivity index (χ3v) is 1.63. The van der Waals surface area contributed by atoms with Gasteiger partial charge in [0.2, 0.25) is 0 Å². The second kappa shape index (κ2) is 4.59. The Morgan fingerprint density at radius 1 is 1.47 bits per heavy atom. The monoisotopic (exact) mass is 218 g/mol. The molecule has 0 unspecified atom stereocenters. The van der Waals surface area contributed by atoms with Crippen molar-refractivity contribution in [3.8, 4) is 11.5 Å². The van der Waals surface area contributed by atoms with Crippen molar-refractivity contribution in [2.24, 2.45) is 0 Å². The maximum Gasteiger partial charge on any atom is 0.387 e. The molecule has 1 aromatic carbocycles. The van der Waals surface area contributed by atoms with Crippen molar-refractivity contribution in [3.63, 3.8) is 0 Å². The van der Waals surface area contributed by atoms with Gasteiger partial charge in [0.1, 0.15) is 17.1 Å². The van der Waals surface area contributed by atoms with E-state index >= 15 is 0 Å². The lowest BCUT2D eigenvalue weighted by Crippen LogP contribution is -2.04. The van der Waals surface area contributed by atoms with Gasteiger partial charge in [-0.2, -0.15) is 8.78 Å². The molecule has 0 spiro atoms. The Morgan fingerprint density at radius 2 is 2.13 bits per heavy atom. The molecule has 0 aliphatic rings. The van der Waals surface area contributed by atoms with Gasteiger partial charge in [-0.15, -0.1) is 0 Å². The van der Waals surface area contributed by atoms with Crippen LogP contribution in [0.2, 0.25) is 0 Å². The van der Waals surface area contributed by atoms with Crippen LogP contribution in [0.3, 0.4) is 0 Å². The lowest BCUT2D eigenvalue weighted by molar-refractivity contribution is -0.0499. The standard InChI is InChI=1S/C9H8F2O4/c1-14-7-4-5(15-9(10)11)2-3-6(7)8(12)13/h2-4,9H,1H3,(H,12,13). The third kappa shape index (κ3) is 2.80. The summed E-state index contributed by atoms with van der Waals surface area (Å²) < 4.78 is 32.5. The normalized spacial score (nSPS) is 10.1. The van der Waals surface area contributed by atoms with Crippen LogP contribution in [0.15, 0.2) is 18.2 Å². The van der Waals surface area contributed by atoms with Gasteiger partial charge in [-0.1, -0.05) is 0 Å². The van der Waals surface area contributed by atoms with E-state index in [1.807, 2.05) is 0 Å². The number of ether oxygens (including phenoxy) is 2. The summed E-state index contributed by atoms with van der Waals surface area (Å²) in [4.78, 5) is 10.6. The summed E-state index contributed by atoms with van der Waals surface area (Å²) in [6.07, 6.45) is 0. The summed E-state index contributed by atoms with van der Waals surface area (Å²) >= 11 is 0. The zero-order chi connectivity index (χ0) is 11.4. The van der Waals surface area contributed by atoms with E-state index in [9.17, 15) is 13.6 Å². The van der Waals surface area contributed by atoms with Gasteiger partial charge in [-0.25, -0.2) is 4.79 Å². The highest BCUT2D eigenvalue weighted by Crippen LogP contribution is 2.25. The summed E-state index contributed by atoms with van der Waals surface area (Å²) in [5.41, 5.74) is -0.112. The number of benzene rings is 1. The number of rotatable bonds is 4. The number of carbonyl (C=O) groups is 1. The maximum absolute atomic E-state index is 11.8. The highest BCUT2D eigenvalue weighted by Gasteiger charge is 2.13. The van der Waals surface area contributed by atoms with Crippen molar-refractivity contribution >= 4 is 5.97 Å². The van der Waals surface area contributed by atoms with Crippen LogP contribution in [0, 0.1) is 0 Å². The van der Waals surface area contributed by atoms with Gasteiger partial charge in [0.05, 0.1) is 7.11 Å². The average molecular weight is 218 g/mol. The molecule has 0 radical (unpaired) electrons. The highest BCUT2D eigenvalue weighted by molar-refractivity contribution is 5.91. The van der Waals surface area contributed by atoms with E-state index in [2.05, 4.69) is 4.74 Å². The van der Waals surface area contributed by atoms with Gasteiger partial charge >= 0.3 is 12.6 Å². The van der Waals surface area contributed by atoms with Crippen LogP contribution >= 0.6 is 0 Å². The van der Waals surface area contributed by atoms with E-state index in [-0.39, 0.29) is 17.1 Å². The molecule has 0 saturated heterocycles. The molecule has 0 aliphatic heterocycles. The quantitative estimate of drug-likeness (QED) is 0.839. The summed E-state index contributed by atoms with van der Waals surface area (Å²) in [6, 6.07) is 3.37. The Labute approximate surface area is 84.0 Å². The molecule has 15 heavy (non-hydrogen) atoms. The number of methoxy groups -OCH3 is 1. The molecule has 82 valence electrons. The molecule has 0 heterocycles. The predicted molar refractivity (Wildman–Crippen MR) is 46.6 cm³/mol. The molecular weight excluding hydrogens is 210 g/mol. The van der Waals surface area contributed by atoms with Crippen LogP contribution in [0.5, 0.6) is 11.5 Å². The summed E-state index contributed by atoms with van der Waals surface area (Å²) in [5, 5.41) is 8.70. The van der Waals surface area contributed by atoms with Crippen molar-refractivity contribution in [2.75, 3.05) is 7.11 Å². The number of hydrogen-bond donors (Lipinski definition) is 1. The molecule has 0 saturated carbocycles. The molecule has 1 rings (SSSR count). The molecule has 6 heteroatoms. The smallest absolute Gasteiger partial charge is 0.387 e. The van der Waals surface area contributed by atoms with Gasteiger partial charge in [0.25, 0.3) is 0 Å². The molecule has 0 aliphatic carbocycles. The number of hydrogen-bond acceptors (Lipinski definition) is 3. The van der Waals surface area contributed by atoms with Crippen LogP contribution in [0.25, 0.3) is 0 Å². The highest BCUT2D eigenvalue weighted by atomic mass is 19.3. The molecule has 0 fully saturated rings. The number of halogens is 2. The minimum atomic E-state index is -2.95.